The fraction of sp³-hybridized carbons (Fsp3) is 0.154. The van der Waals surface area contributed by atoms with Crippen LogP contribution < -0.4 is 10.1 Å². The van der Waals surface area contributed by atoms with Crippen molar-refractivity contribution in [3.63, 3.8) is 0 Å². The fourth-order valence-corrected chi connectivity index (χ4v) is 1.89. The Bertz CT molecular complexity index is 629. The van der Waals surface area contributed by atoms with E-state index in [1.807, 2.05) is 0 Å². The SMILES string of the molecule is Cn1cccc1C(=O)Nc1ccc(OC(F)F)c(Cl)c1. The van der Waals surface area contributed by atoms with Crippen molar-refractivity contribution in [2.45, 2.75) is 6.61 Å². The molecule has 2 aromatic rings. The van der Waals surface area contributed by atoms with Gasteiger partial charge < -0.3 is 14.6 Å². The monoisotopic (exact) mass is 300 g/mol. The third-order valence-electron chi connectivity index (χ3n) is 2.58. The number of hydrogen-bond donors (Lipinski definition) is 1. The lowest BCUT2D eigenvalue weighted by Crippen LogP contribution is -2.15. The van der Waals surface area contributed by atoms with Gasteiger partial charge in [0.15, 0.2) is 0 Å². The molecule has 106 valence electrons. The quantitative estimate of drug-likeness (QED) is 0.938. The maximum Gasteiger partial charge on any atom is 0.387 e. The highest BCUT2D eigenvalue weighted by Crippen LogP contribution is 2.29. The highest BCUT2D eigenvalue weighted by molar-refractivity contribution is 6.32. The second-order valence-corrected chi connectivity index (χ2v) is 4.39. The molecule has 0 saturated carbocycles. The van der Waals surface area contributed by atoms with Crippen molar-refractivity contribution in [1.29, 1.82) is 0 Å². The summed E-state index contributed by atoms with van der Waals surface area (Å²) in [5.41, 5.74) is 0.858. The number of aryl methyl sites for hydroxylation is 1. The van der Waals surface area contributed by atoms with Crippen LogP contribution in [0.25, 0.3) is 0 Å². The molecule has 20 heavy (non-hydrogen) atoms. The average Bonchev–Trinajstić information content (AvgIpc) is 2.78. The molecule has 1 aromatic heterocycles. The van der Waals surface area contributed by atoms with Gasteiger partial charge in [-0.05, 0) is 30.3 Å². The highest BCUT2D eigenvalue weighted by atomic mass is 35.5. The number of halogens is 3. The molecule has 0 atom stereocenters. The number of rotatable bonds is 4. The van der Waals surface area contributed by atoms with Gasteiger partial charge in [-0.1, -0.05) is 11.6 Å². The summed E-state index contributed by atoms with van der Waals surface area (Å²) >= 11 is 5.80. The van der Waals surface area contributed by atoms with Crippen LogP contribution in [0.3, 0.4) is 0 Å². The summed E-state index contributed by atoms with van der Waals surface area (Å²) < 4.78 is 30.0. The molecule has 0 fully saturated rings. The average molecular weight is 301 g/mol. The lowest BCUT2D eigenvalue weighted by molar-refractivity contribution is -0.0497. The zero-order valence-electron chi connectivity index (χ0n) is 10.4. The first-order chi connectivity index (χ1) is 9.47. The highest BCUT2D eigenvalue weighted by Gasteiger charge is 2.12. The molecular weight excluding hydrogens is 290 g/mol. The van der Waals surface area contributed by atoms with E-state index in [9.17, 15) is 13.6 Å². The standard InChI is InChI=1S/C13H11ClF2N2O2/c1-18-6-2-3-10(18)12(19)17-8-4-5-11(9(14)7-8)20-13(15)16/h2-7,13H,1H3,(H,17,19). The van der Waals surface area contributed by atoms with Crippen molar-refractivity contribution in [2.75, 3.05) is 5.32 Å². The maximum absolute atomic E-state index is 12.1. The predicted molar refractivity (Wildman–Crippen MR) is 71.5 cm³/mol. The predicted octanol–water partition coefficient (Wildman–Crippen LogP) is 3.53. The molecule has 0 aliphatic rings. The van der Waals surface area contributed by atoms with E-state index in [0.717, 1.165) is 0 Å². The molecule has 2 rings (SSSR count). The molecule has 1 N–H and O–H groups in total. The third kappa shape index (κ3) is 3.27. The molecule has 0 aliphatic carbocycles. The van der Waals surface area contributed by atoms with Gasteiger partial charge in [0.1, 0.15) is 11.4 Å². The molecule has 7 heteroatoms. The molecular formula is C13H11ClF2N2O2. The zero-order valence-corrected chi connectivity index (χ0v) is 11.2. The topological polar surface area (TPSA) is 43.3 Å². The summed E-state index contributed by atoms with van der Waals surface area (Å²) in [6.07, 6.45) is 1.74. The van der Waals surface area contributed by atoms with Gasteiger partial charge in [0, 0.05) is 18.9 Å². The Morgan fingerprint density at radius 3 is 2.70 bits per heavy atom. The van der Waals surface area contributed by atoms with E-state index in [0.29, 0.717) is 11.4 Å². The van der Waals surface area contributed by atoms with E-state index in [-0.39, 0.29) is 16.7 Å². The van der Waals surface area contributed by atoms with Crippen LogP contribution in [0.15, 0.2) is 36.5 Å². The second-order valence-electron chi connectivity index (χ2n) is 3.98. The number of carbonyl (C=O) groups excluding carboxylic acids is 1. The summed E-state index contributed by atoms with van der Waals surface area (Å²) in [6, 6.07) is 7.45. The lowest BCUT2D eigenvalue weighted by Gasteiger charge is -2.10. The molecule has 0 bridgehead atoms. The van der Waals surface area contributed by atoms with Crippen LogP contribution in [0, 0.1) is 0 Å². The van der Waals surface area contributed by atoms with E-state index in [1.54, 1.807) is 29.9 Å². The second kappa shape index (κ2) is 5.92. The molecule has 0 radical (unpaired) electrons. The van der Waals surface area contributed by atoms with Crippen molar-refractivity contribution in [1.82, 2.24) is 4.57 Å². The van der Waals surface area contributed by atoms with Crippen LogP contribution >= 0.6 is 11.6 Å². The first-order valence-electron chi connectivity index (χ1n) is 5.64. The molecule has 0 spiro atoms. The number of nitrogens with one attached hydrogen (secondary N) is 1. The molecule has 0 aliphatic heterocycles. The van der Waals surface area contributed by atoms with Crippen LogP contribution in [0.5, 0.6) is 5.75 Å². The number of benzene rings is 1. The summed E-state index contributed by atoms with van der Waals surface area (Å²) in [6.45, 7) is -2.95. The van der Waals surface area contributed by atoms with E-state index in [4.69, 9.17) is 11.6 Å². The number of aromatic nitrogens is 1. The largest absolute Gasteiger partial charge is 0.433 e. The Morgan fingerprint density at radius 1 is 1.40 bits per heavy atom. The molecule has 1 aromatic carbocycles. The van der Waals surface area contributed by atoms with Gasteiger partial charge in [-0.2, -0.15) is 8.78 Å². The van der Waals surface area contributed by atoms with E-state index in [1.165, 1.54) is 18.2 Å². The number of amides is 1. The Kier molecular flexibility index (Phi) is 4.24. The van der Waals surface area contributed by atoms with Crippen molar-refractivity contribution in [2.24, 2.45) is 7.05 Å². The van der Waals surface area contributed by atoms with Crippen LogP contribution in [-0.2, 0) is 7.05 Å². The van der Waals surface area contributed by atoms with Gasteiger partial charge in [0.2, 0.25) is 0 Å². The van der Waals surface area contributed by atoms with Crippen LogP contribution in [0.4, 0.5) is 14.5 Å². The van der Waals surface area contributed by atoms with E-state index < -0.39 is 6.61 Å². The minimum Gasteiger partial charge on any atom is -0.433 e. The number of anilines is 1. The van der Waals surface area contributed by atoms with Crippen LogP contribution in [-0.4, -0.2) is 17.1 Å². The van der Waals surface area contributed by atoms with Gasteiger partial charge in [0.25, 0.3) is 5.91 Å². The van der Waals surface area contributed by atoms with E-state index in [2.05, 4.69) is 10.1 Å². The Labute approximate surface area is 118 Å². The zero-order chi connectivity index (χ0) is 14.7. The van der Waals surface area contributed by atoms with Gasteiger partial charge in [0.05, 0.1) is 5.02 Å². The van der Waals surface area contributed by atoms with Crippen molar-refractivity contribution in [3.05, 3.63) is 47.2 Å². The van der Waals surface area contributed by atoms with E-state index >= 15 is 0 Å². The summed E-state index contributed by atoms with van der Waals surface area (Å²) in [5, 5.41) is 2.61. The Hall–Kier alpha value is -2.08. The third-order valence-corrected chi connectivity index (χ3v) is 2.88. The minimum atomic E-state index is -2.95. The van der Waals surface area contributed by atoms with Crippen molar-refractivity contribution in [3.8, 4) is 5.75 Å². The Balaban J connectivity index is 2.13. The molecule has 1 heterocycles. The number of carbonyl (C=O) groups is 1. The number of hydrogen-bond acceptors (Lipinski definition) is 2. The molecule has 0 saturated heterocycles. The fourth-order valence-electron chi connectivity index (χ4n) is 1.66. The van der Waals surface area contributed by atoms with Crippen LogP contribution in [0.1, 0.15) is 10.5 Å². The van der Waals surface area contributed by atoms with Crippen LogP contribution in [0.2, 0.25) is 5.02 Å². The van der Waals surface area contributed by atoms with Gasteiger partial charge in [-0.3, -0.25) is 4.79 Å². The van der Waals surface area contributed by atoms with Gasteiger partial charge in [-0.25, -0.2) is 0 Å². The maximum atomic E-state index is 12.1. The molecule has 0 unspecified atom stereocenters. The number of alkyl halides is 2. The summed E-state index contributed by atoms with van der Waals surface area (Å²) in [4.78, 5) is 11.9. The minimum absolute atomic E-state index is 0.00465. The van der Waals surface area contributed by atoms with Crippen molar-refractivity contribution < 1.29 is 18.3 Å². The summed E-state index contributed by atoms with van der Waals surface area (Å²) in [7, 11) is 1.74. The van der Waals surface area contributed by atoms with Gasteiger partial charge >= 0.3 is 6.61 Å². The summed E-state index contributed by atoms with van der Waals surface area (Å²) in [5.74, 6) is -0.463. The smallest absolute Gasteiger partial charge is 0.387 e. The first-order valence-corrected chi connectivity index (χ1v) is 6.02. The number of nitrogens with zero attached hydrogens (tertiary/aromatic N) is 1. The normalized spacial score (nSPS) is 10.7. The van der Waals surface area contributed by atoms with Crippen molar-refractivity contribution >= 4 is 23.2 Å². The molecule has 1 amide bonds. The van der Waals surface area contributed by atoms with Gasteiger partial charge in [-0.15, -0.1) is 0 Å². The molecule has 4 nitrogen and oxygen atoms in total. The number of ether oxygens (including phenoxy) is 1. The Morgan fingerprint density at radius 2 is 2.15 bits per heavy atom. The lowest BCUT2D eigenvalue weighted by atomic mass is 10.3. The first kappa shape index (κ1) is 14.3.